The van der Waals surface area contributed by atoms with Gasteiger partial charge in [-0.25, -0.2) is 0 Å². The number of unbranched alkanes of at least 4 members (excludes halogenated alkanes) is 13. The fraction of sp³-hybridized carbons (Fsp3) is 0.931. The van der Waals surface area contributed by atoms with Crippen molar-refractivity contribution < 1.29 is 19.4 Å². The Morgan fingerprint density at radius 2 is 1.24 bits per heavy atom. The first kappa shape index (κ1) is 30.0. The summed E-state index contributed by atoms with van der Waals surface area (Å²) in [5.41, 5.74) is -0.873. The summed E-state index contributed by atoms with van der Waals surface area (Å²) in [5.74, 6) is -1.72. The summed E-state index contributed by atoms with van der Waals surface area (Å²) >= 11 is 0. The number of carboxylic acids is 1. The molecule has 33 heavy (non-hydrogen) atoms. The Balaban J connectivity index is 2.49. The van der Waals surface area contributed by atoms with Crippen molar-refractivity contribution in [3.05, 3.63) is 0 Å². The zero-order chi connectivity index (χ0) is 24.4. The molecule has 0 saturated heterocycles. The molecule has 1 rings (SSSR count). The summed E-state index contributed by atoms with van der Waals surface area (Å²) in [6, 6.07) is 0. The van der Waals surface area contributed by atoms with E-state index in [0.717, 1.165) is 38.5 Å². The SMILES string of the molecule is CCCCCCCCCCCC(CCCCCCCC)OC(=O)C1(C)CCCCC1C(=O)O. The minimum absolute atomic E-state index is 0.0542. The van der Waals surface area contributed by atoms with Gasteiger partial charge in [0.05, 0.1) is 11.3 Å². The molecule has 1 fully saturated rings. The average Bonchev–Trinajstić information content (AvgIpc) is 2.79. The van der Waals surface area contributed by atoms with Crippen LogP contribution in [-0.4, -0.2) is 23.1 Å². The molecule has 1 N–H and O–H groups in total. The number of carbonyl (C=O) groups is 2. The van der Waals surface area contributed by atoms with Crippen LogP contribution >= 0.6 is 0 Å². The highest BCUT2D eigenvalue weighted by Gasteiger charge is 2.48. The minimum Gasteiger partial charge on any atom is -0.481 e. The molecule has 3 atom stereocenters. The Labute approximate surface area is 204 Å². The monoisotopic (exact) mass is 466 g/mol. The molecule has 0 bridgehead atoms. The van der Waals surface area contributed by atoms with Crippen molar-refractivity contribution in [1.82, 2.24) is 0 Å². The maximum atomic E-state index is 13.2. The van der Waals surface area contributed by atoms with Crippen molar-refractivity contribution in [3.63, 3.8) is 0 Å². The first-order valence-corrected chi connectivity index (χ1v) is 14.4. The molecule has 1 aliphatic rings. The Hall–Kier alpha value is -1.06. The van der Waals surface area contributed by atoms with Crippen LogP contribution in [-0.2, 0) is 14.3 Å². The largest absolute Gasteiger partial charge is 0.481 e. The van der Waals surface area contributed by atoms with Gasteiger partial charge in [-0.2, -0.15) is 0 Å². The van der Waals surface area contributed by atoms with Crippen LogP contribution in [0.4, 0.5) is 0 Å². The molecule has 0 aromatic carbocycles. The molecule has 0 radical (unpaired) electrons. The third-order valence-electron chi connectivity index (χ3n) is 7.76. The second-order valence-electron chi connectivity index (χ2n) is 10.8. The number of carbonyl (C=O) groups excluding carboxylic acids is 1. The van der Waals surface area contributed by atoms with Gasteiger partial charge in [0.1, 0.15) is 6.10 Å². The molecule has 1 saturated carbocycles. The van der Waals surface area contributed by atoms with E-state index in [1.807, 2.05) is 6.92 Å². The van der Waals surface area contributed by atoms with Crippen LogP contribution < -0.4 is 0 Å². The molecule has 0 aliphatic heterocycles. The maximum absolute atomic E-state index is 13.2. The summed E-state index contributed by atoms with van der Waals surface area (Å²) in [6.07, 6.45) is 23.8. The van der Waals surface area contributed by atoms with E-state index >= 15 is 0 Å². The van der Waals surface area contributed by atoms with Gasteiger partial charge >= 0.3 is 11.9 Å². The molecule has 0 spiro atoms. The van der Waals surface area contributed by atoms with Crippen molar-refractivity contribution in [2.24, 2.45) is 11.3 Å². The third-order valence-corrected chi connectivity index (χ3v) is 7.76. The number of esters is 1. The van der Waals surface area contributed by atoms with E-state index in [1.54, 1.807) is 0 Å². The first-order valence-electron chi connectivity index (χ1n) is 14.4. The zero-order valence-electron chi connectivity index (χ0n) is 22.2. The highest BCUT2D eigenvalue weighted by molar-refractivity contribution is 5.84. The third kappa shape index (κ3) is 12.3. The molecular formula is C29H54O4. The number of aliphatic carboxylic acids is 1. The summed E-state index contributed by atoms with van der Waals surface area (Å²) in [7, 11) is 0. The van der Waals surface area contributed by atoms with E-state index < -0.39 is 17.3 Å². The van der Waals surface area contributed by atoms with Gasteiger partial charge in [0.15, 0.2) is 0 Å². The standard InChI is InChI=1S/C29H54O4/c1-4-6-8-10-12-13-14-16-18-22-25(21-17-15-11-9-7-5-2)33-28(32)29(3)24-20-19-23-26(29)27(30)31/h25-26H,4-24H2,1-3H3,(H,30,31). The van der Waals surface area contributed by atoms with E-state index in [0.29, 0.717) is 12.8 Å². The molecule has 4 nitrogen and oxygen atoms in total. The van der Waals surface area contributed by atoms with Gasteiger partial charge < -0.3 is 9.84 Å². The summed E-state index contributed by atoms with van der Waals surface area (Å²) in [4.78, 5) is 25.0. The van der Waals surface area contributed by atoms with Crippen LogP contribution in [0.3, 0.4) is 0 Å². The van der Waals surface area contributed by atoms with Gasteiger partial charge in [-0.3, -0.25) is 9.59 Å². The van der Waals surface area contributed by atoms with Crippen LogP contribution in [0.2, 0.25) is 0 Å². The molecule has 0 amide bonds. The van der Waals surface area contributed by atoms with E-state index in [2.05, 4.69) is 13.8 Å². The van der Waals surface area contributed by atoms with Crippen molar-refractivity contribution >= 4 is 11.9 Å². The topological polar surface area (TPSA) is 63.6 Å². The van der Waals surface area contributed by atoms with Crippen molar-refractivity contribution in [2.45, 2.75) is 162 Å². The van der Waals surface area contributed by atoms with E-state index in [1.165, 1.54) is 83.5 Å². The number of hydrogen-bond donors (Lipinski definition) is 1. The lowest BCUT2D eigenvalue weighted by Crippen LogP contribution is -2.44. The molecule has 0 aromatic rings. The summed E-state index contributed by atoms with van der Waals surface area (Å²) in [6.45, 7) is 6.31. The van der Waals surface area contributed by atoms with Crippen molar-refractivity contribution in [3.8, 4) is 0 Å². The highest BCUT2D eigenvalue weighted by atomic mass is 16.5. The van der Waals surface area contributed by atoms with E-state index in [-0.39, 0.29) is 12.1 Å². The predicted octanol–water partition coefficient (Wildman–Crippen LogP) is 8.85. The molecule has 1 aliphatic carbocycles. The van der Waals surface area contributed by atoms with Crippen LogP contribution in [0, 0.1) is 11.3 Å². The van der Waals surface area contributed by atoms with Gasteiger partial charge in [-0.05, 0) is 45.4 Å². The molecule has 4 heteroatoms. The van der Waals surface area contributed by atoms with Gasteiger partial charge in [0.25, 0.3) is 0 Å². The minimum atomic E-state index is -0.873. The Bertz CT molecular complexity index is 518. The highest BCUT2D eigenvalue weighted by Crippen LogP contribution is 2.42. The first-order chi connectivity index (χ1) is 16.0. The van der Waals surface area contributed by atoms with Crippen LogP contribution in [0.15, 0.2) is 0 Å². The number of carboxylic acid groups (broad SMARTS) is 1. The lowest BCUT2D eigenvalue weighted by atomic mass is 9.67. The van der Waals surface area contributed by atoms with E-state index in [4.69, 9.17) is 4.74 Å². The smallest absolute Gasteiger partial charge is 0.312 e. The van der Waals surface area contributed by atoms with Crippen LogP contribution in [0.5, 0.6) is 0 Å². The number of ether oxygens (including phenoxy) is 1. The molecule has 3 unspecified atom stereocenters. The molecule has 0 heterocycles. The fourth-order valence-corrected chi connectivity index (χ4v) is 5.36. The lowest BCUT2D eigenvalue weighted by Gasteiger charge is -2.37. The lowest BCUT2D eigenvalue weighted by molar-refractivity contribution is -0.174. The van der Waals surface area contributed by atoms with Crippen LogP contribution in [0.25, 0.3) is 0 Å². The number of rotatable bonds is 20. The summed E-state index contributed by atoms with van der Waals surface area (Å²) in [5, 5.41) is 9.69. The van der Waals surface area contributed by atoms with Gasteiger partial charge in [0, 0.05) is 0 Å². The van der Waals surface area contributed by atoms with Crippen LogP contribution in [0.1, 0.15) is 156 Å². The summed E-state index contributed by atoms with van der Waals surface area (Å²) < 4.78 is 6.07. The Kier molecular flexibility index (Phi) is 16.6. The second kappa shape index (κ2) is 18.3. The van der Waals surface area contributed by atoms with Crippen molar-refractivity contribution in [1.29, 1.82) is 0 Å². The van der Waals surface area contributed by atoms with Crippen molar-refractivity contribution in [2.75, 3.05) is 0 Å². The Morgan fingerprint density at radius 1 is 0.788 bits per heavy atom. The van der Waals surface area contributed by atoms with Gasteiger partial charge in [-0.15, -0.1) is 0 Å². The molecule has 0 aromatic heterocycles. The molecular weight excluding hydrogens is 412 g/mol. The maximum Gasteiger partial charge on any atom is 0.312 e. The quantitative estimate of drug-likeness (QED) is 0.144. The predicted molar refractivity (Wildman–Crippen MR) is 137 cm³/mol. The Morgan fingerprint density at radius 3 is 1.70 bits per heavy atom. The fourth-order valence-electron chi connectivity index (χ4n) is 5.36. The number of hydrogen-bond acceptors (Lipinski definition) is 3. The normalized spacial score (nSPS) is 21.6. The zero-order valence-corrected chi connectivity index (χ0v) is 22.2. The molecule has 194 valence electrons. The second-order valence-corrected chi connectivity index (χ2v) is 10.8. The van der Waals surface area contributed by atoms with Gasteiger partial charge in [0.2, 0.25) is 0 Å². The van der Waals surface area contributed by atoms with E-state index in [9.17, 15) is 14.7 Å². The van der Waals surface area contributed by atoms with Gasteiger partial charge in [-0.1, -0.05) is 110 Å². The average molecular weight is 467 g/mol.